The summed E-state index contributed by atoms with van der Waals surface area (Å²) >= 11 is 0. The number of ether oxygens (including phenoxy) is 1. The maximum absolute atomic E-state index is 11.7. The maximum Gasteiger partial charge on any atom is 0.273 e. The van der Waals surface area contributed by atoms with E-state index in [4.69, 9.17) is 4.74 Å². The van der Waals surface area contributed by atoms with Gasteiger partial charge in [-0.2, -0.15) is 0 Å². The Morgan fingerprint density at radius 2 is 2.37 bits per heavy atom. The van der Waals surface area contributed by atoms with Crippen molar-refractivity contribution >= 4 is 11.6 Å². The Morgan fingerprint density at radius 3 is 3.00 bits per heavy atom. The van der Waals surface area contributed by atoms with Gasteiger partial charge in [0.15, 0.2) is 6.61 Å². The number of hydrogen-bond donors (Lipinski definition) is 1. The predicted octanol–water partition coefficient (Wildman–Crippen LogP) is 0.567. The summed E-state index contributed by atoms with van der Waals surface area (Å²) in [6.45, 7) is 0.642. The van der Waals surface area contributed by atoms with Crippen LogP contribution in [0.15, 0.2) is 24.3 Å². The van der Waals surface area contributed by atoms with E-state index in [1.165, 1.54) is 23.1 Å². The van der Waals surface area contributed by atoms with Crippen LogP contribution in [0.3, 0.4) is 0 Å². The van der Waals surface area contributed by atoms with Crippen LogP contribution in [0.25, 0.3) is 0 Å². The minimum Gasteiger partial charge on any atom is -0.484 e. The fourth-order valence-electron chi connectivity index (χ4n) is 1.89. The zero-order valence-electron chi connectivity index (χ0n) is 10.2. The molecule has 0 aliphatic carbocycles. The molecule has 1 aliphatic rings. The van der Waals surface area contributed by atoms with Gasteiger partial charge in [-0.15, -0.1) is 0 Å². The molecule has 19 heavy (non-hydrogen) atoms. The van der Waals surface area contributed by atoms with E-state index in [2.05, 4.69) is 0 Å². The Kier molecular flexibility index (Phi) is 3.96. The lowest BCUT2D eigenvalue weighted by molar-refractivity contribution is -0.384. The smallest absolute Gasteiger partial charge is 0.273 e. The number of nitrogens with zero attached hydrogens (tertiary/aromatic N) is 2. The molecule has 1 aromatic rings. The van der Waals surface area contributed by atoms with Gasteiger partial charge in [-0.05, 0) is 12.5 Å². The first-order chi connectivity index (χ1) is 9.06. The van der Waals surface area contributed by atoms with Gasteiger partial charge in [-0.3, -0.25) is 14.9 Å². The minimum absolute atomic E-state index is 0.0819. The molecule has 1 aromatic carbocycles. The highest BCUT2D eigenvalue weighted by atomic mass is 16.6. The third kappa shape index (κ3) is 3.41. The second-order valence-electron chi connectivity index (χ2n) is 4.33. The summed E-state index contributed by atoms with van der Waals surface area (Å²) in [5.74, 6) is 0.0466. The number of nitro benzene ring substituents is 1. The lowest BCUT2D eigenvalue weighted by atomic mass is 10.3. The molecular weight excluding hydrogens is 252 g/mol. The van der Waals surface area contributed by atoms with E-state index in [9.17, 15) is 20.0 Å². The minimum atomic E-state index is -0.522. The monoisotopic (exact) mass is 266 g/mol. The predicted molar refractivity (Wildman–Crippen MR) is 65.8 cm³/mol. The summed E-state index contributed by atoms with van der Waals surface area (Å²) in [5.41, 5.74) is -0.0819. The summed E-state index contributed by atoms with van der Waals surface area (Å²) in [6, 6.07) is 5.67. The fourth-order valence-corrected chi connectivity index (χ4v) is 1.89. The average Bonchev–Trinajstić information content (AvgIpc) is 2.83. The van der Waals surface area contributed by atoms with Crippen LogP contribution in [0.1, 0.15) is 6.42 Å². The molecule has 0 spiro atoms. The summed E-state index contributed by atoms with van der Waals surface area (Å²) in [7, 11) is 0. The summed E-state index contributed by atoms with van der Waals surface area (Å²) < 4.78 is 5.23. The molecule has 0 aromatic heterocycles. The molecular formula is C12H14N2O5. The van der Waals surface area contributed by atoms with Crippen molar-refractivity contribution in [3.63, 3.8) is 0 Å². The molecule has 1 fully saturated rings. The van der Waals surface area contributed by atoms with Crippen LogP contribution in [0.2, 0.25) is 0 Å². The number of nitro groups is 1. The largest absolute Gasteiger partial charge is 0.484 e. The number of hydrogen-bond acceptors (Lipinski definition) is 5. The van der Waals surface area contributed by atoms with Crippen molar-refractivity contribution in [2.75, 3.05) is 19.7 Å². The third-order valence-electron chi connectivity index (χ3n) is 2.91. The van der Waals surface area contributed by atoms with Crippen molar-refractivity contribution in [2.24, 2.45) is 0 Å². The number of benzene rings is 1. The highest BCUT2D eigenvalue weighted by Crippen LogP contribution is 2.19. The fraction of sp³-hybridized carbons (Fsp3) is 0.417. The quantitative estimate of drug-likeness (QED) is 0.635. The maximum atomic E-state index is 11.7. The van der Waals surface area contributed by atoms with E-state index in [-0.39, 0.29) is 24.0 Å². The van der Waals surface area contributed by atoms with Gasteiger partial charge in [0.2, 0.25) is 0 Å². The first kappa shape index (κ1) is 13.3. The summed E-state index contributed by atoms with van der Waals surface area (Å²) in [6.07, 6.45) is 0.101. The highest BCUT2D eigenvalue weighted by Gasteiger charge is 2.24. The van der Waals surface area contributed by atoms with Gasteiger partial charge in [-0.25, -0.2) is 0 Å². The number of likely N-dealkylation sites (tertiary alicyclic amines) is 1. The van der Waals surface area contributed by atoms with Crippen molar-refractivity contribution < 1.29 is 19.6 Å². The van der Waals surface area contributed by atoms with Crippen molar-refractivity contribution in [3.05, 3.63) is 34.4 Å². The number of carbonyl (C=O) groups is 1. The molecule has 1 aliphatic heterocycles. The zero-order valence-corrected chi connectivity index (χ0v) is 10.2. The second kappa shape index (κ2) is 5.66. The Morgan fingerprint density at radius 1 is 1.58 bits per heavy atom. The second-order valence-corrected chi connectivity index (χ2v) is 4.33. The van der Waals surface area contributed by atoms with E-state index in [1.807, 2.05) is 0 Å². The molecule has 1 saturated heterocycles. The third-order valence-corrected chi connectivity index (χ3v) is 2.91. The van der Waals surface area contributed by atoms with Gasteiger partial charge in [0.1, 0.15) is 5.75 Å². The number of aliphatic hydroxyl groups excluding tert-OH is 1. The number of β-amino-alcohol motifs (C(OH)–C–C–N with tert-alkyl or cyclic N) is 1. The first-order valence-electron chi connectivity index (χ1n) is 5.89. The van der Waals surface area contributed by atoms with Crippen molar-refractivity contribution in [2.45, 2.75) is 12.5 Å². The molecule has 7 heteroatoms. The van der Waals surface area contributed by atoms with E-state index < -0.39 is 11.0 Å². The average molecular weight is 266 g/mol. The lowest BCUT2D eigenvalue weighted by Gasteiger charge is -2.15. The zero-order chi connectivity index (χ0) is 13.8. The van der Waals surface area contributed by atoms with Gasteiger partial charge < -0.3 is 14.7 Å². The Balaban J connectivity index is 1.90. The first-order valence-corrected chi connectivity index (χ1v) is 5.89. The Labute approximate surface area is 109 Å². The SMILES string of the molecule is O=C(COc1cccc([N+](=O)[O-])c1)N1CCC(O)C1. The molecule has 7 nitrogen and oxygen atoms in total. The van der Waals surface area contributed by atoms with Gasteiger partial charge in [0.25, 0.3) is 11.6 Å². The Bertz CT molecular complexity index is 491. The number of carbonyl (C=O) groups excluding carboxylic acids is 1. The number of rotatable bonds is 4. The number of aliphatic hydroxyl groups is 1. The van der Waals surface area contributed by atoms with Gasteiger partial charge >= 0.3 is 0 Å². The van der Waals surface area contributed by atoms with E-state index in [0.29, 0.717) is 19.5 Å². The normalized spacial score (nSPS) is 18.4. The molecule has 0 radical (unpaired) electrons. The van der Waals surface area contributed by atoms with Gasteiger partial charge in [0, 0.05) is 19.2 Å². The standard InChI is InChI=1S/C12H14N2O5/c15-10-4-5-13(7-10)12(16)8-19-11-3-1-2-9(6-11)14(17)18/h1-3,6,10,15H,4-5,7-8H2. The van der Waals surface area contributed by atoms with E-state index in [0.717, 1.165) is 0 Å². The lowest BCUT2D eigenvalue weighted by Crippen LogP contribution is -2.33. The molecule has 0 bridgehead atoms. The highest BCUT2D eigenvalue weighted by molar-refractivity contribution is 5.78. The molecule has 1 N–H and O–H groups in total. The molecule has 102 valence electrons. The van der Waals surface area contributed by atoms with Crippen LogP contribution in [-0.2, 0) is 4.79 Å². The van der Waals surface area contributed by atoms with Crippen molar-refractivity contribution in [1.82, 2.24) is 4.90 Å². The van der Waals surface area contributed by atoms with Crippen LogP contribution in [0, 0.1) is 10.1 Å². The molecule has 1 amide bonds. The Hall–Kier alpha value is -2.15. The van der Waals surface area contributed by atoms with Crippen molar-refractivity contribution in [1.29, 1.82) is 0 Å². The summed E-state index contributed by atoms with van der Waals surface area (Å²) in [4.78, 5) is 23.3. The molecule has 1 atom stereocenters. The molecule has 1 unspecified atom stereocenters. The van der Waals surface area contributed by atoms with Crippen LogP contribution < -0.4 is 4.74 Å². The molecule has 2 rings (SSSR count). The number of amides is 1. The topological polar surface area (TPSA) is 92.9 Å². The summed E-state index contributed by atoms with van der Waals surface area (Å²) in [5, 5.41) is 19.9. The van der Waals surface area contributed by atoms with Crippen LogP contribution in [-0.4, -0.2) is 46.6 Å². The van der Waals surface area contributed by atoms with Crippen molar-refractivity contribution in [3.8, 4) is 5.75 Å². The van der Waals surface area contributed by atoms with E-state index >= 15 is 0 Å². The van der Waals surface area contributed by atoms with E-state index in [1.54, 1.807) is 6.07 Å². The van der Waals surface area contributed by atoms with Gasteiger partial charge in [-0.1, -0.05) is 6.07 Å². The van der Waals surface area contributed by atoms with Gasteiger partial charge in [0.05, 0.1) is 17.1 Å². The van der Waals surface area contributed by atoms with Crippen LogP contribution in [0.5, 0.6) is 5.75 Å². The van der Waals surface area contributed by atoms with Crippen LogP contribution in [0.4, 0.5) is 5.69 Å². The number of non-ortho nitro benzene ring substituents is 1. The molecule has 1 heterocycles. The molecule has 0 saturated carbocycles. The van der Waals surface area contributed by atoms with Crippen LogP contribution >= 0.6 is 0 Å².